The predicted octanol–water partition coefficient (Wildman–Crippen LogP) is 3.22. The van der Waals surface area contributed by atoms with E-state index in [1.807, 2.05) is 0 Å². The molecular formula is C14H29NO. The van der Waals surface area contributed by atoms with Gasteiger partial charge in [-0.2, -0.15) is 0 Å². The van der Waals surface area contributed by atoms with Crippen LogP contribution in [0.25, 0.3) is 0 Å². The normalized spacial score (nSPS) is 24.6. The number of nitrogens with one attached hydrogen (secondary N) is 1. The second kappa shape index (κ2) is 8.08. The van der Waals surface area contributed by atoms with E-state index in [4.69, 9.17) is 4.74 Å². The van der Waals surface area contributed by atoms with Crippen LogP contribution in [0.4, 0.5) is 0 Å². The molecule has 0 saturated carbocycles. The Balaban J connectivity index is 2.01. The Morgan fingerprint density at radius 2 is 2.12 bits per heavy atom. The van der Waals surface area contributed by atoms with E-state index in [0.717, 1.165) is 31.5 Å². The third-order valence-corrected chi connectivity index (χ3v) is 3.90. The van der Waals surface area contributed by atoms with E-state index >= 15 is 0 Å². The molecule has 1 aliphatic rings. The molecule has 96 valence electrons. The first-order valence-corrected chi connectivity index (χ1v) is 7.06. The predicted molar refractivity (Wildman–Crippen MR) is 69.7 cm³/mol. The van der Waals surface area contributed by atoms with Crippen molar-refractivity contribution in [1.82, 2.24) is 5.32 Å². The summed E-state index contributed by atoms with van der Waals surface area (Å²) in [5.41, 5.74) is 0. The molecule has 0 aliphatic carbocycles. The van der Waals surface area contributed by atoms with Gasteiger partial charge < -0.3 is 10.1 Å². The van der Waals surface area contributed by atoms with E-state index in [1.165, 1.54) is 32.1 Å². The topological polar surface area (TPSA) is 21.3 Å². The quantitative estimate of drug-likeness (QED) is 0.687. The molecule has 2 nitrogen and oxygen atoms in total. The van der Waals surface area contributed by atoms with Gasteiger partial charge >= 0.3 is 0 Å². The van der Waals surface area contributed by atoms with Crippen molar-refractivity contribution in [2.75, 3.05) is 19.7 Å². The van der Waals surface area contributed by atoms with Gasteiger partial charge in [-0.1, -0.05) is 33.6 Å². The third kappa shape index (κ3) is 5.31. The van der Waals surface area contributed by atoms with Gasteiger partial charge in [0.15, 0.2) is 0 Å². The second-order valence-electron chi connectivity index (χ2n) is 5.33. The van der Waals surface area contributed by atoms with Gasteiger partial charge in [0.05, 0.1) is 6.10 Å². The summed E-state index contributed by atoms with van der Waals surface area (Å²) in [6, 6.07) is 0. The Bertz CT molecular complexity index is 166. The molecule has 1 saturated heterocycles. The van der Waals surface area contributed by atoms with Crippen molar-refractivity contribution in [2.24, 2.45) is 11.8 Å². The lowest BCUT2D eigenvalue weighted by Gasteiger charge is -2.20. The van der Waals surface area contributed by atoms with Crippen LogP contribution < -0.4 is 5.32 Å². The van der Waals surface area contributed by atoms with Gasteiger partial charge in [-0.05, 0) is 44.2 Å². The number of hydrogen-bond acceptors (Lipinski definition) is 2. The van der Waals surface area contributed by atoms with Crippen LogP contribution in [0.5, 0.6) is 0 Å². The van der Waals surface area contributed by atoms with Gasteiger partial charge in [0.1, 0.15) is 0 Å². The smallest absolute Gasteiger partial charge is 0.0576 e. The summed E-state index contributed by atoms with van der Waals surface area (Å²) in [6.07, 6.45) is 7.11. The van der Waals surface area contributed by atoms with Crippen molar-refractivity contribution in [1.29, 1.82) is 0 Å². The van der Waals surface area contributed by atoms with E-state index in [9.17, 15) is 0 Å². The molecule has 0 spiro atoms. The number of ether oxygens (including phenoxy) is 1. The highest BCUT2D eigenvalue weighted by molar-refractivity contribution is 4.68. The Labute approximate surface area is 101 Å². The minimum Gasteiger partial charge on any atom is -0.378 e. The SMILES string of the molecule is CCNCC(C)C(C)CCCC1CCCO1. The summed E-state index contributed by atoms with van der Waals surface area (Å²) in [7, 11) is 0. The fourth-order valence-corrected chi connectivity index (χ4v) is 2.40. The fraction of sp³-hybridized carbons (Fsp3) is 1.00. The number of hydrogen-bond donors (Lipinski definition) is 1. The van der Waals surface area contributed by atoms with E-state index in [2.05, 4.69) is 26.1 Å². The monoisotopic (exact) mass is 227 g/mol. The highest BCUT2D eigenvalue weighted by atomic mass is 16.5. The minimum atomic E-state index is 0.580. The zero-order chi connectivity index (χ0) is 11.8. The molecule has 1 rings (SSSR count). The second-order valence-corrected chi connectivity index (χ2v) is 5.33. The molecule has 0 aromatic carbocycles. The lowest BCUT2D eigenvalue weighted by molar-refractivity contribution is 0.100. The zero-order valence-electron chi connectivity index (χ0n) is 11.3. The van der Waals surface area contributed by atoms with Crippen molar-refractivity contribution < 1.29 is 4.74 Å². The largest absolute Gasteiger partial charge is 0.378 e. The first-order valence-electron chi connectivity index (χ1n) is 7.06. The Morgan fingerprint density at radius 1 is 1.31 bits per heavy atom. The van der Waals surface area contributed by atoms with Crippen LogP contribution in [-0.2, 0) is 4.74 Å². The molecule has 1 aliphatic heterocycles. The molecular weight excluding hydrogens is 198 g/mol. The van der Waals surface area contributed by atoms with Crippen LogP contribution in [0.3, 0.4) is 0 Å². The first-order chi connectivity index (χ1) is 7.74. The average Bonchev–Trinajstić information content (AvgIpc) is 2.78. The maximum atomic E-state index is 5.65. The Morgan fingerprint density at radius 3 is 2.75 bits per heavy atom. The van der Waals surface area contributed by atoms with Crippen molar-refractivity contribution in [3.8, 4) is 0 Å². The molecule has 3 atom stereocenters. The fourth-order valence-electron chi connectivity index (χ4n) is 2.40. The van der Waals surface area contributed by atoms with E-state index < -0.39 is 0 Å². The summed E-state index contributed by atoms with van der Waals surface area (Å²) in [6.45, 7) is 10.2. The van der Waals surface area contributed by atoms with E-state index in [-0.39, 0.29) is 0 Å². The average molecular weight is 227 g/mol. The lowest BCUT2D eigenvalue weighted by Crippen LogP contribution is -2.25. The molecule has 1 fully saturated rings. The number of rotatable bonds is 8. The van der Waals surface area contributed by atoms with Crippen molar-refractivity contribution in [3.63, 3.8) is 0 Å². The summed E-state index contributed by atoms with van der Waals surface area (Å²) < 4.78 is 5.65. The third-order valence-electron chi connectivity index (χ3n) is 3.90. The lowest BCUT2D eigenvalue weighted by atomic mass is 9.90. The summed E-state index contributed by atoms with van der Waals surface area (Å²) in [5.74, 6) is 1.63. The molecule has 0 amide bonds. The molecule has 0 aromatic rings. The molecule has 0 radical (unpaired) electrons. The van der Waals surface area contributed by atoms with Gasteiger partial charge in [-0.25, -0.2) is 0 Å². The molecule has 0 aromatic heterocycles. The van der Waals surface area contributed by atoms with Crippen molar-refractivity contribution >= 4 is 0 Å². The van der Waals surface area contributed by atoms with Gasteiger partial charge in [0.2, 0.25) is 0 Å². The van der Waals surface area contributed by atoms with Crippen LogP contribution in [0.2, 0.25) is 0 Å². The van der Waals surface area contributed by atoms with Gasteiger partial charge in [-0.3, -0.25) is 0 Å². The highest BCUT2D eigenvalue weighted by Crippen LogP contribution is 2.22. The van der Waals surface area contributed by atoms with Gasteiger partial charge in [0.25, 0.3) is 0 Å². The molecule has 1 heterocycles. The Kier molecular flexibility index (Phi) is 7.06. The van der Waals surface area contributed by atoms with Gasteiger partial charge in [0, 0.05) is 6.61 Å². The van der Waals surface area contributed by atoms with Crippen LogP contribution in [0.1, 0.15) is 52.9 Å². The maximum Gasteiger partial charge on any atom is 0.0576 e. The van der Waals surface area contributed by atoms with Crippen LogP contribution in [0, 0.1) is 11.8 Å². The Hall–Kier alpha value is -0.0800. The standard InChI is InChI=1S/C14H29NO/c1-4-15-11-13(3)12(2)7-5-8-14-9-6-10-16-14/h12-15H,4-11H2,1-3H3. The van der Waals surface area contributed by atoms with Crippen LogP contribution in [0.15, 0.2) is 0 Å². The van der Waals surface area contributed by atoms with Crippen LogP contribution in [-0.4, -0.2) is 25.8 Å². The zero-order valence-corrected chi connectivity index (χ0v) is 11.3. The molecule has 0 bridgehead atoms. The van der Waals surface area contributed by atoms with E-state index in [0.29, 0.717) is 6.10 Å². The van der Waals surface area contributed by atoms with Crippen molar-refractivity contribution in [2.45, 2.75) is 59.0 Å². The summed E-state index contributed by atoms with van der Waals surface area (Å²) in [4.78, 5) is 0. The molecule has 3 unspecified atom stereocenters. The van der Waals surface area contributed by atoms with Crippen molar-refractivity contribution in [3.05, 3.63) is 0 Å². The maximum absolute atomic E-state index is 5.65. The molecule has 2 heteroatoms. The van der Waals surface area contributed by atoms with Crippen LogP contribution >= 0.6 is 0 Å². The van der Waals surface area contributed by atoms with Gasteiger partial charge in [-0.15, -0.1) is 0 Å². The summed E-state index contributed by atoms with van der Waals surface area (Å²) >= 11 is 0. The summed E-state index contributed by atoms with van der Waals surface area (Å²) in [5, 5.41) is 3.44. The minimum absolute atomic E-state index is 0.580. The molecule has 1 N–H and O–H groups in total. The van der Waals surface area contributed by atoms with E-state index in [1.54, 1.807) is 0 Å². The first kappa shape index (κ1) is 14.0. The molecule has 16 heavy (non-hydrogen) atoms. The highest BCUT2D eigenvalue weighted by Gasteiger charge is 2.16.